The number of aromatic nitrogens is 2. The minimum atomic E-state index is 0.161. The number of carbonyl (C=O) groups is 1. The highest BCUT2D eigenvalue weighted by Crippen LogP contribution is 2.34. The first-order chi connectivity index (χ1) is 15.7. The summed E-state index contributed by atoms with van der Waals surface area (Å²) >= 11 is 5.95. The third-order valence-corrected chi connectivity index (χ3v) is 7.08. The van der Waals surface area contributed by atoms with Gasteiger partial charge in [0.05, 0.1) is 17.6 Å². The highest BCUT2D eigenvalue weighted by Gasteiger charge is 2.37. The van der Waals surface area contributed by atoms with Crippen LogP contribution in [0.3, 0.4) is 0 Å². The minimum Gasteiger partial charge on any atom is -0.494 e. The Hall–Kier alpha value is -2.53. The Morgan fingerprint density at radius 1 is 1.03 bits per heavy atom. The van der Waals surface area contributed by atoms with E-state index in [-0.39, 0.29) is 5.92 Å². The number of halogens is 1. The fourth-order valence-electron chi connectivity index (χ4n) is 5.23. The first-order valence-corrected chi connectivity index (χ1v) is 12.2. The summed E-state index contributed by atoms with van der Waals surface area (Å²) in [5.41, 5.74) is 2.14. The van der Waals surface area contributed by atoms with E-state index in [1.807, 2.05) is 30.3 Å². The molecule has 0 bridgehead atoms. The summed E-state index contributed by atoms with van der Waals surface area (Å²) in [7, 11) is 0. The number of rotatable bonds is 7. The van der Waals surface area contributed by atoms with Crippen LogP contribution in [-0.2, 0) is 11.3 Å². The van der Waals surface area contributed by atoms with Crippen molar-refractivity contribution in [2.75, 3.05) is 13.2 Å². The summed E-state index contributed by atoms with van der Waals surface area (Å²) in [5, 5.41) is 0.709. The van der Waals surface area contributed by atoms with Crippen molar-refractivity contribution in [3.8, 4) is 5.75 Å². The molecule has 3 aromatic rings. The van der Waals surface area contributed by atoms with Gasteiger partial charge in [0.15, 0.2) is 0 Å². The molecule has 6 heteroatoms. The monoisotopic (exact) mass is 451 g/mol. The number of para-hydroxylation sites is 2. The van der Waals surface area contributed by atoms with Crippen LogP contribution in [0.5, 0.6) is 5.75 Å². The summed E-state index contributed by atoms with van der Waals surface area (Å²) in [5.74, 6) is 2.33. The second-order valence-electron chi connectivity index (χ2n) is 9.01. The van der Waals surface area contributed by atoms with Gasteiger partial charge in [0.25, 0.3) is 0 Å². The molecule has 1 amide bonds. The van der Waals surface area contributed by atoms with E-state index in [0.29, 0.717) is 30.0 Å². The molecule has 5 rings (SSSR count). The molecule has 0 spiro atoms. The van der Waals surface area contributed by atoms with Crippen LogP contribution in [0.2, 0.25) is 5.02 Å². The lowest BCUT2D eigenvalue weighted by molar-refractivity contribution is -0.130. The molecule has 0 N–H and O–H groups in total. The highest BCUT2D eigenvalue weighted by atomic mass is 35.5. The predicted octanol–water partition coefficient (Wildman–Crippen LogP) is 5.81. The summed E-state index contributed by atoms with van der Waals surface area (Å²) in [6.45, 7) is 2.23. The molecule has 1 aromatic heterocycles. The average molecular weight is 452 g/mol. The predicted molar refractivity (Wildman–Crippen MR) is 127 cm³/mol. The molecule has 2 aliphatic rings. The van der Waals surface area contributed by atoms with E-state index in [0.717, 1.165) is 55.0 Å². The van der Waals surface area contributed by atoms with Crippen LogP contribution in [-0.4, -0.2) is 39.6 Å². The molecule has 168 valence electrons. The van der Waals surface area contributed by atoms with E-state index in [1.54, 1.807) is 0 Å². The molecule has 1 saturated heterocycles. The number of amides is 1. The van der Waals surface area contributed by atoms with Crippen LogP contribution >= 0.6 is 11.6 Å². The Morgan fingerprint density at radius 2 is 1.81 bits per heavy atom. The van der Waals surface area contributed by atoms with Gasteiger partial charge in [-0.05, 0) is 55.7 Å². The van der Waals surface area contributed by atoms with Gasteiger partial charge >= 0.3 is 0 Å². The van der Waals surface area contributed by atoms with Crippen molar-refractivity contribution in [2.24, 2.45) is 0 Å². The van der Waals surface area contributed by atoms with Gasteiger partial charge in [-0.1, -0.05) is 43.0 Å². The molecule has 2 fully saturated rings. The van der Waals surface area contributed by atoms with Crippen molar-refractivity contribution in [2.45, 2.75) is 63.5 Å². The standard InChI is InChI=1S/C26H30ClN3O2/c27-20-11-13-22(14-12-20)32-16-6-15-29-24-10-5-4-9-23(24)28-26(29)19-17-25(31)30(18-19)21-7-2-1-3-8-21/h4-5,9-14,19,21H,1-3,6-8,15-18H2/t19-/m0/s1. The first kappa shape index (κ1) is 21.3. The fourth-order valence-corrected chi connectivity index (χ4v) is 5.36. The number of hydrogen-bond donors (Lipinski definition) is 0. The second-order valence-corrected chi connectivity index (χ2v) is 9.44. The van der Waals surface area contributed by atoms with Crippen LogP contribution in [0, 0.1) is 0 Å². The minimum absolute atomic E-state index is 0.161. The van der Waals surface area contributed by atoms with Gasteiger partial charge in [0, 0.05) is 36.5 Å². The Bertz CT molecular complexity index is 1070. The van der Waals surface area contributed by atoms with E-state index >= 15 is 0 Å². The van der Waals surface area contributed by atoms with Crippen LogP contribution in [0.25, 0.3) is 11.0 Å². The number of carbonyl (C=O) groups excluding carboxylic acids is 1. The Kier molecular flexibility index (Phi) is 6.35. The van der Waals surface area contributed by atoms with Crippen molar-refractivity contribution in [1.29, 1.82) is 0 Å². The normalized spacial score (nSPS) is 19.7. The van der Waals surface area contributed by atoms with Crippen molar-refractivity contribution in [1.82, 2.24) is 14.5 Å². The van der Waals surface area contributed by atoms with Crippen molar-refractivity contribution < 1.29 is 9.53 Å². The highest BCUT2D eigenvalue weighted by molar-refractivity contribution is 6.30. The molecule has 1 aliphatic heterocycles. The largest absolute Gasteiger partial charge is 0.494 e. The lowest BCUT2D eigenvalue weighted by Gasteiger charge is -2.31. The second kappa shape index (κ2) is 9.53. The van der Waals surface area contributed by atoms with Gasteiger partial charge in [0.2, 0.25) is 5.91 Å². The lowest BCUT2D eigenvalue weighted by Crippen LogP contribution is -2.37. The molecule has 2 aromatic carbocycles. The molecule has 1 aliphatic carbocycles. The topological polar surface area (TPSA) is 47.4 Å². The molecule has 1 atom stereocenters. The van der Waals surface area contributed by atoms with Crippen LogP contribution < -0.4 is 4.74 Å². The van der Waals surface area contributed by atoms with Crippen LogP contribution in [0.1, 0.15) is 56.7 Å². The number of hydrogen-bond acceptors (Lipinski definition) is 3. The third-order valence-electron chi connectivity index (χ3n) is 6.83. The van der Waals surface area contributed by atoms with Gasteiger partial charge in [-0.2, -0.15) is 0 Å². The van der Waals surface area contributed by atoms with Gasteiger partial charge in [-0.15, -0.1) is 0 Å². The maximum absolute atomic E-state index is 12.9. The zero-order valence-corrected chi connectivity index (χ0v) is 19.1. The zero-order chi connectivity index (χ0) is 21.9. The molecule has 5 nitrogen and oxygen atoms in total. The summed E-state index contributed by atoms with van der Waals surface area (Å²) in [6, 6.07) is 16.2. The van der Waals surface area contributed by atoms with Crippen molar-refractivity contribution in [3.63, 3.8) is 0 Å². The van der Waals surface area contributed by atoms with Gasteiger partial charge in [-0.3, -0.25) is 4.79 Å². The van der Waals surface area contributed by atoms with E-state index < -0.39 is 0 Å². The fraction of sp³-hybridized carbons (Fsp3) is 0.462. The van der Waals surface area contributed by atoms with E-state index in [2.05, 4.69) is 27.7 Å². The number of ether oxygens (including phenoxy) is 1. The number of likely N-dealkylation sites (tertiary alicyclic amines) is 1. The molecule has 2 heterocycles. The molecule has 1 saturated carbocycles. The summed E-state index contributed by atoms with van der Waals surface area (Å²) in [6.07, 6.45) is 7.52. The van der Waals surface area contributed by atoms with Gasteiger partial charge < -0.3 is 14.2 Å². The number of imidazole rings is 1. The smallest absolute Gasteiger partial charge is 0.223 e. The molecule has 0 radical (unpaired) electrons. The zero-order valence-electron chi connectivity index (χ0n) is 18.4. The summed E-state index contributed by atoms with van der Waals surface area (Å²) < 4.78 is 8.20. The van der Waals surface area contributed by atoms with Gasteiger partial charge in [-0.25, -0.2) is 4.98 Å². The van der Waals surface area contributed by atoms with Crippen molar-refractivity contribution >= 4 is 28.5 Å². The van der Waals surface area contributed by atoms with E-state index in [4.69, 9.17) is 21.3 Å². The third kappa shape index (κ3) is 4.49. The molecular formula is C26H30ClN3O2. The van der Waals surface area contributed by atoms with Crippen LogP contribution in [0.4, 0.5) is 0 Å². The first-order valence-electron chi connectivity index (χ1n) is 11.8. The number of fused-ring (bicyclic) bond motifs is 1. The Balaban J connectivity index is 1.30. The van der Waals surface area contributed by atoms with E-state index in [1.165, 1.54) is 19.3 Å². The SMILES string of the molecule is O=C1C[C@H](c2nc3ccccc3n2CCCOc2ccc(Cl)cc2)CN1C1CCCCC1. The average Bonchev–Trinajstić information content (AvgIpc) is 3.39. The quantitative estimate of drug-likeness (QED) is 0.426. The van der Waals surface area contributed by atoms with Gasteiger partial charge in [0.1, 0.15) is 11.6 Å². The van der Waals surface area contributed by atoms with E-state index in [9.17, 15) is 4.79 Å². The lowest BCUT2D eigenvalue weighted by atomic mass is 9.94. The summed E-state index contributed by atoms with van der Waals surface area (Å²) in [4.78, 5) is 20.0. The maximum Gasteiger partial charge on any atom is 0.223 e. The number of nitrogens with zero attached hydrogens (tertiary/aromatic N) is 3. The Morgan fingerprint density at radius 3 is 2.62 bits per heavy atom. The van der Waals surface area contributed by atoms with Crippen LogP contribution in [0.15, 0.2) is 48.5 Å². The molecule has 32 heavy (non-hydrogen) atoms. The molecular weight excluding hydrogens is 422 g/mol. The number of aryl methyl sites for hydroxylation is 1. The Labute approximate surface area is 194 Å². The maximum atomic E-state index is 12.9. The molecule has 0 unspecified atom stereocenters. The van der Waals surface area contributed by atoms with Crippen molar-refractivity contribution in [3.05, 3.63) is 59.4 Å². The number of benzene rings is 2.